The lowest BCUT2D eigenvalue weighted by atomic mass is 9.95. The third-order valence-electron chi connectivity index (χ3n) is 7.33. The molecule has 1 saturated carbocycles. The van der Waals surface area contributed by atoms with Crippen molar-refractivity contribution in [1.82, 2.24) is 10.2 Å². The van der Waals surface area contributed by atoms with Crippen LogP contribution >= 0.6 is 11.6 Å². The Balaban J connectivity index is 1.62. The minimum atomic E-state index is -4.09. The van der Waals surface area contributed by atoms with E-state index in [1.54, 1.807) is 49.4 Å². The molecule has 0 bridgehead atoms. The number of hydrogen-bond acceptors (Lipinski definition) is 4. The molecular formula is C31H36ClN3O4S. The Hall–Kier alpha value is -3.36. The highest BCUT2D eigenvalue weighted by Crippen LogP contribution is 2.26. The van der Waals surface area contributed by atoms with Crippen LogP contribution < -0.4 is 9.62 Å². The van der Waals surface area contributed by atoms with Crippen molar-refractivity contribution >= 4 is 39.1 Å². The minimum Gasteiger partial charge on any atom is -0.352 e. The fraction of sp³-hybridized carbons (Fsp3) is 0.355. The van der Waals surface area contributed by atoms with E-state index in [9.17, 15) is 18.0 Å². The van der Waals surface area contributed by atoms with Gasteiger partial charge in [-0.3, -0.25) is 13.9 Å². The molecule has 0 aromatic heterocycles. The maximum atomic E-state index is 13.9. The fourth-order valence-electron chi connectivity index (χ4n) is 4.99. The van der Waals surface area contributed by atoms with Gasteiger partial charge in [0.15, 0.2) is 0 Å². The fourth-order valence-corrected chi connectivity index (χ4v) is 6.56. The predicted molar refractivity (Wildman–Crippen MR) is 159 cm³/mol. The largest absolute Gasteiger partial charge is 0.352 e. The minimum absolute atomic E-state index is 0.0664. The number of nitrogens with zero attached hydrogens (tertiary/aromatic N) is 2. The molecule has 1 fully saturated rings. The van der Waals surface area contributed by atoms with Gasteiger partial charge in [0.1, 0.15) is 12.6 Å². The molecule has 212 valence electrons. The van der Waals surface area contributed by atoms with Crippen LogP contribution in [0.4, 0.5) is 5.69 Å². The molecule has 4 rings (SSSR count). The summed E-state index contributed by atoms with van der Waals surface area (Å²) >= 11 is 6.07. The average Bonchev–Trinajstić information content (AvgIpc) is 2.98. The van der Waals surface area contributed by atoms with Gasteiger partial charge in [-0.15, -0.1) is 0 Å². The summed E-state index contributed by atoms with van der Waals surface area (Å²) < 4.78 is 28.6. The molecule has 0 radical (unpaired) electrons. The number of rotatable bonds is 11. The van der Waals surface area contributed by atoms with Crippen molar-refractivity contribution in [2.45, 2.75) is 62.4 Å². The van der Waals surface area contributed by atoms with E-state index in [-0.39, 0.29) is 23.4 Å². The van der Waals surface area contributed by atoms with E-state index < -0.39 is 28.5 Å². The first-order chi connectivity index (χ1) is 19.3. The average molecular weight is 582 g/mol. The smallest absolute Gasteiger partial charge is 0.264 e. The van der Waals surface area contributed by atoms with Crippen molar-refractivity contribution in [1.29, 1.82) is 0 Å². The van der Waals surface area contributed by atoms with Gasteiger partial charge >= 0.3 is 0 Å². The zero-order valence-electron chi connectivity index (χ0n) is 22.7. The maximum Gasteiger partial charge on any atom is 0.264 e. The van der Waals surface area contributed by atoms with Crippen LogP contribution in [0.1, 0.15) is 44.6 Å². The van der Waals surface area contributed by atoms with Crippen LogP contribution in [0.2, 0.25) is 5.02 Å². The summed E-state index contributed by atoms with van der Waals surface area (Å²) in [5, 5.41) is 3.57. The second-order valence-electron chi connectivity index (χ2n) is 10.1. The van der Waals surface area contributed by atoms with Crippen LogP contribution in [-0.4, -0.2) is 50.3 Å². The number of sulfonamides is 1. The molecule has 1 unspecified atom stereocenters. The Morgan fingerprint density at radius 2 is 1.50 bits per heavy atom. The first kappa shape index (κ1) is 29.6. The number of halogens is 1. The Bertz CT molecular complexity index is 1360. The summed E-state index contributed by atoms with van der Waals surface area (Å²) in [5.41, 5.74) is 1.33. The van der Waals surface area contributed by atoms with E-state index in [0.29, 0.717) is 17.1 Å². The van der Waals surface area contributed by atoms with Crippen LogP contribution in [-0.2, 0) is 26.0 Å². The summed E-state index contributed by atoms with van der Waals surface area (Å²) in [6.07, 6.45) is 5.69. The number of hydrogen-bond donors (Lipinski definition) is 1. The van der Waals surface area contributed by atoms with E-state index in [0.717, 1.165) is 35.6 Å². The lowest BCUT2D eigenvalue weighted by Crippen LogP contribution is -2.53. The summed E-state index contributed by atoms with van der Waals surface area (Å²) in [4.78, 5) is 28.8. The number of amides is 2. The molecule has 40 heavy (non-hydrogen) atoms. The highest BCUT2D eigenvalue weighted by atomic mass is 35.5. The Labute approximate surface area is 242 Å². The SMILES string of the molecule is CC(C(=O)NC1CCCCC1)N(CCc1ccccc1)C(=O)CN(c1ccc(Cl)cc1)S(=O)(=O)c1ccccc1. The van der Waals surface area contributed by atoms with Gasteiger partial charge in [0, 0.05) is 17.6 Å². The van der Waals surface area contributed by atoms with Crippen molar-refractivity contribution in [3.63, 3.8) is 0 Å². The number of anilines is 1. The van der Waals surface area contributed by atoms with Crippen LogP contribution in [0.25, 0.3) is 0 Å². The first-order valence-electron chi connectivity index (χ1n) is 13.7. The monoisotopic (exact) mass is 581 g/mol. The quantitative estimate of drug-likeness (QED) is 0.326. The standard InChI is InChI=1S/C31H36ClN3O4S/c1-24(31(37)33-27-13-7-3-8-14-27)34(22-21-25-11-5-2-6-12-25)30(36)23-35(28-19-17-26(32)18-20-28)40(38,39)29-15-9-4-10-16-29/h2,4-6,9-12,15-20,24,27H,3,7-8,13-14,21-23H2,1H3,(H,33,37). The molecule has 1 aliphatic rings. The summed E-state index contributed by atoms with van der Waals surface area (Å²) in [6, 6.07) is 23.3. The first-order valence-corrected chi connectivity index (χ1v) is 15.5. The Morgan fingerprint density at radius 1 is 0.900 bits per heavy atom. The highest BCUT2D eigenvalue weighted by molar-refractivity contribution is 7.92. The summed E-state index contributed by atoms with van der Waals surface area (Å²) in [5.74, 6) is -0.686. The van der Waals surface area contributed by atoms with Crippen molar-refractivity contribution in [2.24, 2.45) is 0 Å². The molecule has 0 heterocycles. The van der Waals surface area contributed by atoms with Gasteiger partial charge in [0.05, 0.1) is 10.6 Å². The van der Waals surface area contributed by atoms with Gasteiger partial charge in [-0.05, 0) is 68.1 Å². The molecule has 0 spiro atoms. The van der Waals surface area contributed by atoms with Crippen molar-refractivity contribution < 1.29 is 18.0 Å². The molecule has 9 heteroatoms. The van der Waals surface area contributed by atoms with Crippen LogP contribution in [0.3, 0.4) is 0 Å². The predicted octanol–water partition coefficient (Wildman–Crippen LogP) is 5.44. The number of carbonyl (C=O) groups is 2. The van der Waals surface area contributed by atoms with E-state index in [4.69, 9.17) is 11.6 Å². The molecule has 3 aromatic rings. The second kappa shape index (κ2) is 13.8. The van der Waals surface area contributed by atoms with Gasteiger partial charge in [0.25, 0.3) is 10.0 Å². The summed E-state index contributed by atoms with van der Waals surface area (Å²) in [6.45, 7) is 1.51. The van der Waals surface area contributed by atoms with Gasteiger partial charge < -0.3 is 10.2 Å². The lowest BCUT2D eigenvalue weighted by molar-refractivity contribution is -0.139. The molecule has 1 aliphatic carbocycles. The van der Waals surface area contributed by atoms with Crippen LogP contribution in [0, 0.1) is 0 Å². The zero-order chi connectivity index (χ0) is 28.5. The normalized spacial score (nSPS) is 14.8. The Morgan fingerprint density at radius 3 is 2.12 bits per heavy atom. The van der Waals surface area contributed by atoms with E-state index in [1.165, 1.54) is 23.5 Å². The van der Waals surface area contributed by atoms with E-state index >= 15 is 0 Å². The van der Waals surface area contributed by atoms with Crippen LogP contribution in [0.5, 0.6) is 0 Å². The maximum absolute atomic E-state index is 13.9. The van der Waals surface area contributed by atoms with Crippen molar-refractivity contribution in [2.75, 3.05) is 17.4 Å². The van der Waals surface area contributed by atoms with Gasteiger partial charge in [-0.2, -0.15) is 0 Å². The molecule has 1 N–H and O–H groups in total. The third-order valence-corrected chi connectivity index (χ3v) is 9.37. The second-order valence-corrected chi connectivity index (χ2v) is 12.4. The van der Waals surface area contributed by atoms with Gasteiger partial charge in [-0.25, -0.2) is 8.42 Å². The molecule has 1 atom stereocenters. The third kappa shape index (κ3) is 7.64. The molecule has 2 amide bonds. The Kier molecular flexibility index (Phi) is 10.2. The summed E-state index contributed by atoms with van der Waals surface area (Å²) in [7, 11) is -4.09. The highest BCUT2D eigenvalue weighted by Gasteiger charge is 2.33. The molecule has 3 aromatic carbocycles. The lowest BCUT2D eigenvalue weighted by Gasteiger charge is -2.33. The van der Waals surface area contributed by atoms with Crippen molar-refractivity contribution in [3.8, 4) is 0 Å². The zero-order valence-corrected chi connectivity index (χ0v) is 24.3. The molecule has 0 saturated heterocycles. The van der Waals surface area contributed by atoms with E-state index in [1.807, 2.05) is 30.3 Å². The van der Waals surface area contributed by atoms with E-state index in [2.05, 4.69) is 5.32 Å². The number of nitrogens with one attached hydrogen (secondary N) is 1. The van der Waals surface area contributed by atoms with Crippen LogP contribution in [0.15, 0.2) is 89.8 Å². The molecule has 7 nitrogen and oxygen atoms in total. The number of carbonyl (C=O) groups excluding carboxylic acids is 2. The number of benzene rings is 3. The molecular weight excluding hydrogens is 546 g/mol. The topological polar surface area (TPSA) is 86.8 Å². The van der Waals surface area contributed by atoms with Gasteiger partial charge in [-0.1, -0.05) is 79.4 Å². The van der Waals surface area contributed by atoms with Crippen molar-refractivity contribution in [3.05, 3.63) is 95.5 Å². The molecule has 0 aliphatic heterocycles. The van der Waals surface area contributed by atoms with Gasteiger partial charge in [0.2, 0.25) is 11.8 Å².